The zero-order valence-corrected chi connectivity index (χ0v) is 17.4. The summed E-state index contributed by atoms with van der Waals surface area (Å²) in [5.74, 6) is 0.503. The molecule has 2 N–H and O–H groups in total. The zero-order chi connectivity index (χ0) is 21.1. The average molecular weight is 415 g/mol. The van der Waals surface area contributed by atoms with Gasteiger partial charge in [-0.1, -0.05) is 6.42 Å². The fraction of sp³-hybridized carbons (Fsp3) is 0.591. The summed E-state index contributed by atoms with van der Waals surface area (Å²) in [5.41, 5.74) is 0.459. The molecule has 3 saturated heterocycles. The number of nitrogens with one attached hydrogen (secondary N) is 2. The van der Waals surface area contributed by atoms with Crippen LogP contribution in [0.2, 0.25) is 0 Å². The number of nitrogens with zero attached hydrogens (tertiary/aromatic N) is 2. The number of imide groups is 1. The number of urea groups is 1. The van der Waals surface area contributed by atoms with E-state index < -0.39 is 18.0 Å². The zero-order valence-electron chi connectivity index (χ0n) is 17.4. The average Bonchev–Trinajstić information content (AvgIpc) is 3.05. The van der Waals surface area contributed by atoms with Crippen molar-refractivity contribution in [1.29, 1.82) is 0 Å². The van der Waals surface area contributed by atoms with Gasteiger partial charge in [0.2, 0.25) is 5.91 Å². The van der Waals surface area contributed by atoms with Crippen LogP contribution in [0.1, 0.15) is 38.5 Å². The maximum Gasteiger partial charge on any atom is 0.329 e. The lowest BCUT2D eigenvalue weighted by Gasteiger charge is -2.44. The predicted molar refractivity (Wildman–Crippen MR) is 112 cm³/mol. The highest BCUT2D eigenvalue weighted by atomic mass is 16.5. The molecule has 4 amide bonds. The van der Waals surface area contributed by atoms with Gasteiger partial charge in [0.1, 0.15) is 11.8 Å². The second kappa shape index (κ2) is 9.04. The van der Waals surface area contributed by atoms with Gasteiger partial charge >= 0.3 is 6.03 Å². The van der Waals surface area contributed by atoms with Crippen LogP contribution in [-0.2, 0) is 9.59 Å². The Morgan fingerprint density at radius 1 is 1.13 bits per heavy atom. The molecule has 162 valence electrons. The number of carbonyl (C=O) groups excluding carboxylic acids is 3. The highest BCUT2D eigenvalue weighted by Gasteiger charge is 2.40. The molecule has 3 aliphatic rings. The number of hydrogen-bond donors (Lipinski definition) is 2. The monoisotopic (exact) mass is 414 g/mol. The SMILES string of the molecule is COc1ccc(N2C(=O)NC(CC(=O)NC[C@@H]3CCCN4CCCC[C@H]34)C2=O)cc1. The molecule has 0 aromatic heterocycles. The first-order valence-corrected chi connectivity index (χ1v) is 10.9. The minimum atomic E-state index is -0.836. The molecule has 3 fully saturated rings. The Kier molecular flexibility index (Phi) is 6.22. The van der Waals surface area contributed by atoms with Gasteiger partial charge in [0.05, 0.1) is 19.2 Å². The van der Waals surface area contributed by atoms with E-state index in [2.05, 4.69) is 15.5 Å². The maximum absolute atomic E-state index is 12.7. The lowest BCUT2D eigenvalue weighted by molar-refractivity contribution is -0.125. The molecule has 0 bridgehead atoms. The van der Waals surface area contributed by atoms with Crippen molar-refractivity contribution < 1.29 is 19.1 Å². The van der Waals surface area contributed by atoms with E-state index in [1.165, 1.54) is 38.8 Å². The summed E-state index contributed by atoms with van der Waals surface area (Å²) in [6.07, 6.45) is 5.99. The van der Waals surface area contributed by atoms with E-state index in [0.717, 1.165) is 11.3 Å². The summed E-state index contributed by atoms with van der Waals surface area (Å²) in [5, 5.41) is 5.65. The number of methoxy groups -OCH3 is 1. The molecule has 1 aromatic carbocycles. The molecule has 1 unspecified atom stereocenters. The summed E-state index contributed by atoms with van der Waals surface area (Å²) >= 11 is 0. The number of benzene rings is 1. The van der Waals surface area contributed by atoms with Crippen molar-refractivity contribution in [2.24, 2.45) is 5.92 Å². The fourth-order valence-electron chi connectivity index (χ4n) is 4.96. The number of amides is 4. The first kappa shape index (κ1) is 20.7. The molecule has 8 heteroatoms. The Balaban J connectivity index is 1.31. The third-order valence-electron chi connectivity index (χ3n) is 6.53. The van der Waals surface area contributed by atoms with Gasteiger partial charge in [-0.15, -0.1) is 0 Å². The van der Waals surface area contributed by atoms with Crippen molar-refractivity contribution in [3.05, 3.63) is 24.3 Å². The Morgan fingerprint density at radius 3 is 2.67 bits per heavy atom. The van der Waals surface area contributed by atoms with Gasteiger partial charge in [-0.05, 0) is 69.0 Å². The van der Waals surface area contributed by atoms with Gasteiger partial charge in [0.25, 0.3) is 5.91 Å². The molecule has 3 aliphatic heterocycles. The number of ether oxygens (including phenoxy) is 1. The van der Waals surface area contributed by atoms with Crippen LogP contribution in [0.4, 0.5) is 10.5 Å². The van der Waals surface area contributed by atoms with Crippen LogP contribution in [0.15, 0.2) is 24.3 Å². The number of anilines is 1. The summed E-state index contributed by atoms with van der Waals surface area (Å²) in [4.78, 5) is 41.2. The highest BCUT2D eigenvalue weighted by molar-refractivity contribution is 6.22. The van der Waals surface area contributed by atoms with Gasteiger partial charge < -0.3 is 20.3 Å². The van der Waals surface area contributed by atoms with E-state index in [1.54, 1.807) is 31.4 Å². The van der Waals surface area contributed by atoms with Gasteiger partial charge in [0, 0.05) is 12.6 Å². The van der Waals surface area contributed by atoms with Crippen LogP contribution in [0.25, 0.3) is 0 Å². The molecule has 0 spiro atoms. The van der Waals surface area contributed by atoms with Crippen molar-refractivity contribution in [2.45, 2.75) is 50.6 Å². The van der Waals surface area contributed by atoms with E-state index in [-0.39, 0.29) is 12.3 Å². The van der Waals surface area contributed by atoms with E-state index >= 15 is 0 Å². The second-order valence-electron chi connectivity index (χ2n) is 8.38. The quantitative estimate of drug-likeness (QED) is 0.694. The van der Waals surface area contributed by atoms with E-state index in [9.17, 15) is 14.4 Å². The van der Waals surface area contributed by atoms with Crippen LogP contribution in [0.3, 0.4) is 0 Å². The summed E-state index contributed by atoms with van der Waals surface area (Å²) in [7, 11) is 1.55. The number of rotatable bonds is 6. The first-order valence-electron chi connectivity index (χ1n) is 10.9. The molecule has 0 saturated carbocycles. The summed E-state index contributed by atoms with van der Waals surface area (Å²) in [6, 6.07) is 5.90. The van der Waals surface area contributed by atoms with E-state index in [4.69, 9.17) is 4.74 Å². The van der Waals surface area contributed by atoms with Gasteiger partial charge in [0.15, 0.2) is 0 Å². The predicted octanol–water partition coefficient (Wildman–Crippen LogP) is 1.89. The van der Waals surface area contributed by atoms with Crippen molar-refractivity contribution in [3.8, 4) is 5.75 Å². The number of hydrogen-bond acceptors (Lipinski definition) is 5. The van der Waals surface area contributed by atoms with Gasteiger partial charge in [-0.25, -0.2) is 9.69 Å². The standard InChI is InChI=1S/C22H30N4O4/c1-30-17-9-7-16(8-10-17)26-21(28)18(24-22(26)29)13-20(27)23-14-15-5-4-12-25-11-3-2-6-19(15)25/h7-10,15,18-19H,2-6,11-14H2,1H3,(H,23,27)(H,24,29)/t15-,18?,19+/m0/s1. The normalized spacial score (nSPS) is 26.8. The number of carbonyl (C=O) groups is 3. The van der Waals surface area contributed by atoms with Crippen LogP contribution in [0, 0.1) is 5.92 Å². The molecule has 3 atom stereocenters. The second-order valence-corrected chi connectivity index (χ2v) is 8.38. The molecule has 8 nitrogen and oxygen atoms in total. The smallest absolute Gasteiger partial charge is 0.329 e. The molecular formula is C22H30N4O4. The van der Waals surface area contributed by atoms with Crippen molar-refractivity contribution >= 4 is 23.5 Å². The Labute approximate surface area is 176 Å². The lowest BCUT2D eigenvalue weighted by atomic mass is 9.83. The third-order valence-corrected chi connectivity index (χ3v) is 6.53. The summed E-state index contributed by atoms with van der Waals surface area (Å²) in [6.45, 7) is 2.97. The molecule has 4 rings (SSSR count). The molecule has 1 aromatic rings. The van der Waals surface area contributed by atoms with Crippen LogP contribution >= 0.6 is 0 Å². The van der Waals surface area contributed by atoms with E-state index in [1.807, 2.05) is 0 Å². The molecule has 3 heterocycles. The fourth-order valence-corrected chi connectivity index (χ4v) is 4.96. The molecular weight excluding hydrogens is 384 g/mol. The van der Waals surface area contributed by atoms with Crippen LogP contribution in [-0.4, -0.2) is 61.6 Å². The third kappa shape index (κ3) is 4.28. The lowest BCUT2D eigenvalue weighted by Crippen LogP contribution is -2.51. The minimum absolute atomic E-state index is 0.0433. The molecule has 0 radical (unpaired) electrons. The maximum atomic E-state index is 12.7. The highest BCUT2D eigenvalue weighted by Crippen LogP contribution is 2.30. The van der Waals surface area contributed by atoms with Crippen molar-refractivity contribution in [3.63, 3.8) is 0 Å². The van der Waals surface area contributed by atoms with Crippen molar-refractivity contribution in [1.82, 2.24) is 15.5 Å². The Hall–Kier alpha value is -2.61. The van der Waals surface area contributed by atoms with Crippen LogP contribution < -0.4 is 20.3 Å². The Morgan fingerprint density at radius 2 is 1.90 bits per heavy atom. The largest absolute Gasteiger partial charge is 0.497 e. The number of piperidine rings is 2. The van der Waals surface area contributed by atoms with Gasteiger partial charge in [-0.3, -0.25) is 9.59 Å². The summed E-state index contributed by atoms with van der Waals surface area (Å²) < 4.78 is 5.11. The van der Waals surface area contributed by atoms with Crippen LogP contribution in [0.5, 0.6) is 5.75 Å². The van der Waals surface area contributed by atoms with Gasteiger partial charge in [-0.2, -0.15) is 0 Å². The number of fused-ring (bicyclic) bond motifs is 1. The Bertz CT molecular complexity index is 795. The first-order chi connectivity index (χ1) is 14.6. The topological polar surface area (TPSA) is 91.0 Å². The van der Waals surface area contributed by atoms with Crippen molar-refractivity contribution in [2.75, 3.05) is 31.6 Å². The van der Waals surface area contributed by atoms with E-state index in [0.29, 0.717) is 29.9 Å². The minimum Gasteiger partial charge on any atom is -0.497 e. The molecule has 30 heavy (non-hydrogen) atoms. The molecule has 0 aliphatic carbocycles.